The maximum atomic E-state index is 13.1. The van der Waals surface area contributed by atoms with Crippen LogP contribution in [0.4, 0.5) is 14.5 Å². The van der Waals surface area contributed by atoms with E-state index in [4.69, 9.17) is 4.74 Å². The average molecular weight is 440 g/mol. The zero-order chi connectivity index (χ0) is 21.5. The normalized spacial score (nSPS) is 17.7. The first kappa shape index (κ1) is 20.4. The highest BCUT2D eigenvalue weighted by Crippen LogP contribution is 2.42. The highest BCUT2D eigenvalue weighted by Gasteiger charge is 2.43. The Morgan fingerprint density at radius 3 is 2.50 bits per heavy atom. The van der Waals surface area contributed by atoms with Crippen molar-refractivity contribution in [3.63, 3.8) is 0 Å². The maximum Gasteiger partial charge on any atom is 0.586 e. The zero-order valence-corrected chi connectivity index (χ0v) is 16.7. The minimum Gasteiger partial charge on any atom is -0.495 e. The Hall–Kier alpha value is -2.92. The molecule has 0 saturated carbocycles. The highest BCUT2D eigenvalue weighted by molar-refractivity contribution is 7.89. The molecule has 0 aliphatic carbocycles. The van der Waals surface area contributed by atoms with Crippen LogP contribution in [-0.2, 0) is 10.0 Å². The molecule has 30 heavy (non-hydrogen) atoms. The predicted octanol–water partition coefficient (Wildman–Crippen LogP) is 3.05. The van der Waals surface area contributed by atoms with Crippen LogP contribution in [0.3, 0.4) is 0 Å². The third kappa shape index (κ3) is 3.77. The average Bonchev–Trinajstić information content (AvgIpc) is 3.34. The fourth-order valence-corrected chi connectivity index (χ4v) is 5.02. The van der Waals surface area contributed by atoms with Crippen molar-refractivity contribution >= 4 is 21.6 Å². The molecule has 0 atom stereocenters. The van der Waals surface area contributed by atoms with Gasteiger partial charge in [-0.25, -0.2) is 8.42 Å². The first-order valence-electron chi connectivity index (χ1n) is 9.09. The van der Waals surface area contributed by atoms with E-state index in [1.54, 1.807) is 0 Å². The molecule has 11 heteroatoms. The number of nitrogens with zero attached hydrogens (tertiary/aromatic N) is 1. The third-order valence-corrected chi connectivity index (χ3v) is 6.69. The smallest absolute Gasteiger partial charge is 0.495 e. The second-order valence-corrected chi connectivity index (χ2v) is 8.67. The molecule has 2 aromatic rings. The Kier molecular flexibility index (Phi) is 5.02. The number of carbonyl (C=O) groups excluding carboxylic acids is 1. The summed E-state index contributed by atoms with van der Waals surface area (Å²) >= 11 is 0. The minimum absolute atomic E-state index is 0.0663. The lowest BCUT2D eigenvalue weighted by molar-refractivity contribution is -0.286. The number of ether oxygens (including phenoxy) is 3. The van der Waals surface area contributed by atoms with Gasteiger partial charge in [0.15, 0.2) is 11.5 Å². The molecule has 160 valence electrons. The summed E-state index contributed by atoms with van der Waals surface area (Å²) in [7, 11) is -2.48. The van der Waals surface area contributed by atoms with Crippen molar-refractivity contribution in [3.05, 3.63) is 42.0 Å². The van der Waals surface area contributed by atoms with Gasteiger partial charge in [-0.1, -0.05) is 0 Å². The minimum atomic E-state index is -3.82. The van der Waals surface area contributed by atoms with Crippen LogP contribution in [0.25, 0.3) is 0 Å². The van der Waals surface area contributed by atoms with E-state index in [9.17, 15) is 22.0 Å². The number of sulfonamides is 1. The lowest BCUT2D eigenvalue weighted by Gasteiger charge is -2.18. The number of hydrogen-bond donors (Lipinski definition) is 1. The van der Waals surface area contributed by atoms with Crippen molar-refractivity contribution in [1.82, 2.24) is 4.31 Å². The Morgan fingerprint density at radius 2 is 1.80 bits per heavy atom. The monoisotopic (exact) mass is 440 g/mol. The number of rotatable bonds is 5. The predicted molar refractivity (Wildman–Crippen MR) is 102 cm³/mol. The van der Waals surface area contributed by atoms with Gasteiger partial charge >= 0.3 is 6.29 Å². The lowest BCUT2D eigenvalue weighted by atomic mass is 10.2. The molecule has 2 aliphatic heterocycles. The molecule has 0 radical (unpaired) electrons. The molecule has 2 aliphatic rings. The summed E-state index contributed by atoms with van der Waals surface area (Å²) in [6.45, 7) is 0.813. The molecular weight excluding hydrogens is 422 g/mol. The van der Waals surface area contributed by atoms with Crippen LogP contribution in [0.5, 0.6) is 17.2 Å². The van der Waals surface area contributed by atoms with Crippen LogP contribution in [0.1, 0.15) is 23.2 Å². The van der Waals surface area contributed by atoms with Gasteiger partial charge in [0, 0.05) is 30.4 Å². The third-order valence-electron chi connectivity index (χ3n) is 4.77. The van der Waals surface area contributed by atoms with E-state index in [1.165, 1.54) is 47.8 Å². The van der Waals surface area contributed by atoms with Gasteiger partial charge in [-0.2, -0.15) is 4.31 Å². The van der Waals surface area contributed by atoms with E-state index in [1.807, 2.05) is 0 Å². The van der Waals surface area contributed by atoms with E-state index in [0.717, 1.165) is 12.8 Å². The van der Waals surface area contributed by atoms with Gasteiger partial charge in [0.2, 0.25) is 10.0 Å². The number of anilines is 1. The van der Waals surface area contributed by atoms with Gasteiger partial charge < -0.3 is 19.5 Å². The molecule has 8 nitrogen and oxygen atoms in total. The van der Waals surface area contributed by atoms with Crippen molar-refractivity contribution in [1.29, 1.82) is 0 Å². The summed E-state index contributed by atoms with van der Waals surface area (Å²) in [5.74, 6) is -0.865. The van der Waals surface area contributed by atoms with Crippen LogP contribution in [0.15, 0.2) is 41.3 Å². The zero-order valence-electron chi connectivity index (χ0n) is 15.9. The van der Waals surface area contributed by atoms with Crippen molar-refractivity contribution in [2.75, 3.05) is 25.5 Å². The first-order valence-corrected chi connectivity index (χ1v) is 10.5. The number of halogens is 2. The van der Waals surface area contributed by atoms with Crippen LogP contribution in [0.2, 0.25) is 0 Å². The van der Waals surface area contributed by atoms with Crippen LogP contribution >= 0.6 is 0 Å². The van der Waals surface area contributed by atoms with Crippen molar-refractivity contribution in [2.45, 2.75) is 24.0 Å². The topological polar surface area (TPSA) is 94.2 Å². The molecule has 4 rings (SSSR count). The Morgan fingerprint density at radius 1 is 1.10 bits per heavy atom. The quantitative estimate of drug-likeness (QED) is 0.768. The first-order chi connectivity index (χ1) is 14.2. The van der Waals surface area contributed by atoms with Crippen molar-refractivity contribution in [2.24, 2.45) is 0 Å². The summed E-state index contributed by atoms with van der Waals surface area (Å²) in [6.07, 6.45) is -2.23. The summed E-state index contributed by atoms with van der Waals surface area (Å²) in [4.78, 5) is 12.6. The number of hydrogen-bond acceptors (Lipinski definition) is 6. The van der Waals surface area contributed by atoms with E-state index in [0.29, 0.717) is 13.1 Å². The molecule has 0 bridgehead atoms. The van der Waals surface area contributed by atoms with Crippen LogP contribution < -0.4 is 19.5 Å². The van der Waals surface area contributed by atoms with E-state index in [-0.39, 0.29) is 33.4 Å². The summed E-state index contributed by atoms with van der Waals surface area (Å²) in [5, 5.41) is 2.53. The fraction of sp³-hybridized carbons (Fsp3) is 0.316. The molecule has 0 aromatic heterocycles. The van der Waals surface area contributed by atoms with Gasteiger partial charge in [-0.05, 0) is 43.2 Å². The second-order valence-electron chi connectivity index (χ2n) is 6.76. The Balaban J connectivity index is 1.60. The number of fused-ring (bicyclic) bond motifs is 1. The standard InChI is InChI=1S/C19H18F2N2O6S/c1-27-15-6-4-12(10-17(15)30(25,26)23-8-2-3-9-23)18(24)22-13-5-7-14-16(11-13)29-19(20,21)28-14/h4-7,10-11H,2-3,8-9H2,1H3,(H,22,24). The number of nitrogens with one attached hydrogen (secondary N) is 1. The van der Waals surface area contributed by atoms with Crippen LogP contribution in [0, 0.1) is 0 Å². The molecular formula is C19H18F2N2O6S. The Bertz CT molecular complexity index is 1100. The molecule has 2 heterocycles. The highest BCUT2D eigenvalue weighted by atomic mass is 32.2. The number of benzene rings is 2. The molecule has 1 amide bonds. The molecule has 2 aromatic carbocycles. The van der Waals surface area contributed by atoms with Gasteiger partial charge in [0.1, 0.15) is 10.6 Å². The van der Waals surface area contributed by atoms with E-state index >= 15 is 0 Å². The van der Waals surface area contributed by atoms with Gasteiger partial charge in [-0.15, -0.1) is 8.78 Å². The molecule has 1 saturated heterocycles. The Labute approximate surface area is 171 Å². The van der Waals surface area contributed by atoms with Crippen molar-refractivity contribution < 1.29 is 36.2 Å². The van der Waals surface area contributed by atoms with E-state index < -0.39 is 22.2 Å². The number of methoxy groups -OCH3 is 1. The SMILES string of the molecule is COc1ccc(C(=O)Nc2ccc3c(c2)OC(F)(F)O3)cc1S(=O)(=O)N1CCCC1. The molecule has 1 fully saturated rings. The maximum absolute atomic E-state index is 13.1. The summed E-state index contributed by atoms with van der Waals surface area (Å²) in [6, 6.07) is 7.86. The van der Waals surface area contributed by atoms with Gasteiger partial charge in [0.25, 0.3) is 5.91 Å². The molecule has 0 unspecified atom stereocenters. The number of amides is 1. The van der Waals surface area contributed by atoms with Crippen molar-refractivity contribution in [3.8, 4) is 17.2 Å². The van der Waals surface area contributed by atoms with E-state index in [2.05, 4.69) is 14.8 Å². The number of carbonyl (C=O) groups is 1. The summed E-state index contributed by atoms with van der Waals surface area (Å²) < 4.78 is 67.4. The summed E-state index contributed by atoms with van der Waals surface area (Å²) in [5.41, 5.74) is 0.247. The second kappa shape index (κ2) is 7.40. The molecule has 1 N–H and O–H groups in total. The van der Waals surface area contributed by atoms with Crippen LogP contribution in [-0.4, -0.2) is 45.1 Å². The molecule has 0 spiro atoms. The van der Waals surface area contributed by atoms with Gasteiger partial charge in [0.05, 0.1) is 7.11 Å². The lowest BCUT2D eigenvalue weighted by Crippen LogP contribution is -2.28. The van der Waals surface area contributed by atoms with Gasteiger partial charge in [-0.3, -0.25) is 4.79 Å². The largest absolute Gasteiger partial charge is 0.586 e. The number of alkyl halides is 2. The fourth-order valence-electron chi connectivity index (χ4n) is 3.32.